The first-order chi connectivity index (χ1) is 17.4. The van der Waals surface area contributed by atoms with Crippen molar-refractivity contribution in [1.29, 1.82) is 0 Å². The maximum Gasteiger partial charge on any atom is 0.254 e. The zero-order valence-corrected chi connectivity index (χ0v) is 23.0. The SMILES string of the molecule is CCCCCCc1ccc(C(=O)N(CC(=O)N(Cc2cccn2C)CC(C)C)C2CCCCC2)cc1. The van der Waals surface area contributed by atoms with E-state index in [4.69, 9.17) is 0 Å². The largest absolute Gasteiger partial charge is 0.353 e. The Hall–Kier alpha value is -2.56. The molecule has 1 saturated carbocycles. The molecule has 2 aromatic rings. The lowest BCUT2D eigenvalue weighted by molar-refractivity contribution is -0.133. The van der Waals surface area contributed by atoms with Gasteiger partial charge in [-0.15, -0.1) is 0 Å². The molecule has 0 aliphatic heterocycles. The Morgan fingerprint density at radius 2 is 1.72 bits per heavy atom. The third-order valence-corrected chi connectivity index (χ3v) is 7.44. The molecule has 0 radical (unpaired) electrons. The van der Waals surface area contributed by atoms with Gasteiger partial charge in [-0.2, -0.15) is 0 Å². The van der Waals surface area contributed by atoms with Crippen molar-refractivity contribution >= 4 is 11.8 Å². The first kappa shape index (κ1) is 28.0. The lowest BCUT2D eigenvalue weighted by Gasteiger charge is -2.36. The fourth-order valence-corrected chi connectivity index (χ4v) is 5.29. The van der Waals surface area contributed by atoms with Crippen LogP contribution in [0.1, 0.15) is 100 Å². The Morgan fingerprint density at radius 1 is 1.00 bits per heavy atom. The average Bonchev–Trinajstić information content (AvgIpc) is 3.29. The Kier molecular flexibility index (Phi) is 11.1. The molecule has 1 aliphatic carbocycles. The van der Waals surface area contributed by atoms with Crippen LogP contribution in [0.2, 0.25) is 0 Å². The third-order valence-electron chi connectivity index (χ3n) is 7.44. The predicted octanol–water partition coefficient (Wildman–Crippen LogP) is 6.61. The Balaban J connectivity index is 1.74. The second-order valence-electron chi connectivity index (χ2n) is 11.0. The minimum absolute atomic E-state index is 0.00357. The van der Waals surface area contributed by atoms with Gasteiger partial charge in [0.1, 0.15) is 6.54 Å². The minimum atomic E-state index is -0.00357. The van der Waals surface area contributed by atoms with Gasteiger partial charge in [-0.1, -0.05) is 71.4 Å². The number of rotatable bonds is 13. The highest BCUT2D eigenvalue weighted by molar-refractivity contribution is 5.96. The number of carbonyl (C=O) groups excluding carboxylic acids is 2. The van der Waals surface area contributed by atoms with E-state index in [9.17, 15) is 9.59 Å². The summed E-state index contributed by atoms with van der Waals surface area (Å²) in [4.78, 5) is 31.2. The minimum Gasteiger partial charge on any atom is -0.353 e. The van der Waals surface area contributed by atoms with E-state index >= 15 is 0 Å². The molecular formula is C31H47N3O2. The molecule has 1 fully saturated rings. The van der Waals surface area contributed by atoms with E-state index in [0.717, 1.165) is 37.8 Å². The maximum atomic E-state index is 13.8. The summed E-state index contributed by atoms with van der Waals surface area (Å²) >= 11 is 0. The normalized spacial score (nSPS) is 14.2. The van der Waals surface area contributed by atoms with Gasteiger partial charge in [0.2, 0.25) is 5.91 Å². The van der Waals surface area contributed by atoms with Crippen molar-refractivity contribution in [2.45, 2.75) is 97.6 Å². The van der Waals surface area contributed by atoms with E-state index in [1.165, 1.54) is 37.7 Å². The fourth-order valence-electron chi connectivity index (χ4n) is 5.29. The lowest BCUT2D eigenvalue weighted by Crippen LogP contribution is -2.48. The summed E-state index contributed by atoms with van der Waals surface area (Å²) in [7, 11) is 2.01. The summed E-state index contributed by atoms with van der Waals surface area (Å²) in [5, 5.41) is 0. The molecule has 5 nitrogen and oxygen atoms in total. The molecule has 198 valence electrons. The van der Waals surface area contributed by atoms with Crippen LogP contribution >= 0.6 is 0 Å². The highest BCUT2D eigenvalue weighted by atomic mass is 16.2. The van der Waals surface area contributed by atoms with Crippen LogP contribution in [0.3, 0.4) is 0 Å². The second kappa shape index (κ2) is 14.2. The van der Waals surface area contributed by atoms with Crippen molar-refractivity contribution in [2.75, 3.05) is 13.1 Å². The Morgan fingerprint density at radius 3 is 2.33 bits per heavy atom. The molecule has 0 saturated heterocycles. The highest BCUT2D eigenvalue weighted by Gasteiger charge is 2.30. The lowest BCUT2D eigenvalue weighted by atomic mass is 9.93. The number of benzene rings is 1. The molecule has 36 heavy (non-hydrogen) atoms. The third kappa shape index (κ3) is 8.25. The standard InChI is InChI=1S/C31H47N3O2/c1-5-6-7-9-13-26-17-19-27(20-18-26)31(36)34(28-14-10-8-11-15-28)24-30(35)33(22-25(2)3)23-29-16-12-21-32(29)4/h12,16-21,25,28H,5-11,13-15,22-24H2,1-4H3. The van der Waals surface area contributed by atoms with Gasteiger partial charge in [0, 0.05) is 37.1 Å². The van der Waals surface area contributed by atoms with Crippen LogP contribution in [0.15, 0.2) is 42.6 Å². The zero-order valence-electron chi connectivity index (χ0n) is 23.0. The average molecular weight is 494 g/mol. The van der Waals surface area contributed by atoms with Crippen molar-refractivity contribution in [3.8, 4) is 0 Å². The van der Waals surface area contributed by atoms with Crippen molar-refractivity contribution in [1.82, 2.24) is 14.4 Å². The number of nitrogens with zero attached hydrogens (tertiary/aromatic N) is 3. The first-order valence-electron chi connectivity index (χ1n) is 14.2. The molecular weight excluding hydrogens is 446 g/mol. The van der Waals surface area contributed by atoms with Crippen molar-refractivity contribution in [3.63, 3.8) is 0 Å². The molecule has 0 spiro atoms. The van der Waals surface area contributed by atoms with Crippen molar-refractivity contribution in [2.24, 2.45) is 13.0 Å². The zero-order chi connectivity index (χ0) is 25.9. The number of hydrogen-bond acceptors (Lipinski definition) is 2. The molecule has 0 bridgehead atoms. The summed E-state index contributed by atoms with van der Waals surface area (Å²) in [6, 6.07) is 12.3. The molecule has 1 aromatic carbocycles. The summed E-state index contributed by atoms with van der Waals surface area (Å²) < 4.78 is 2.06. The smallest absolute Gasteiger partial charge is 0.254 e. The molecule has 0 atom stereocenters. The van der Waals surface area contributed by atoms with Gasteiger partial charge < -0.3 is 14.4 Å². The van der Waals surface area contributed by atoms with Crippen LogP contribution in [-0.2, 0) is 24.8 Å². The molecule has 1 aliphatic rings. The number of aromatic nitrogens is 1. The van der Waals surface area contributed by atoms with Crippen molar-refractivity contribution in [3.05, 3.63) is 59.4 Å². The van der Waals surface area contributed by atoms with Gasteiger partial charge in [0.05, 0.1) is 6.54 Å². The summed E-state index contributed by atoms with van der Waals surface area (Å²) in [6.45, 7) is 7.91. The summed E-state index contributed by atoms with van der Waals surface area (Å²) in [5.74, 6) is 0.394. The van der Waals surface area contributed by atoms with Gasteiger partial charge in [0.25, 0.3) is 5.91 Å². The topological polar surface area (TPSA) is 45.6 Å². The Labute approximate surface area is 218 Å². The van der Waals surface area contributed by atoms with Gasteiger partial charge in [0.15, 0.2) is 0 Å². The van der Waals surface area contributed by atoms with Gasteiger partial charge in [-0.3, -0.25) is 9.59 Å². The molecule has 3 rings (SSSR count). The van der Waals surface area contributed by atoms with Crippen LogP contribution in [-0.4, -0.2) is 45.3 Å². The van der Waals surface area contributed by atoms with Crippen LogP contribution in [0.5, 0.6) is 0 Å². The van der Waals surface area contributed by atoms with Gasteiger partial charge in [-0.05, 0) is 61.4 Å². The number of hydrogen-bond donors (Lipinski definition) is 0. The maximum absolute atomic E-state index is 13.8. The van der Waals surface area contributed by atoms with E-state index in [2.05, 4.69) is 43.5 Å². The molecule has 1 heterocycles. The van der Waals surface area contributed by atoms with Crippen LogP contribution < -0.4 is 0 Å². The van der Waals surface area contributed by atoms with E-state index in [0.29, 0.717) is 24.6 Å². The van der Waals surface area contributed by atoms with Crippen LogP contribution in [0, 0.1) is 5.92 Å². The number of aryl methyl sites for hydroxylation is 2. The summed E-state index contributed by atoms with van der Waals surface area (Å²) in [6.07, 6.45) is 13.5. The quantitative estimate of drug-likeness (QED) is 0.295. The number of carbonyl (C=O) groups is 2. The van der Waals surface area contributed by atoms with E-state index in [1.54, 1.807) is 0 Å². The summed E-state index contributed by atoms with van der Waals surface area (Å²) in [5.41, 5.74) is 3.09. The molecule has 1 aromatic heterocycles. The van der Waals surface area contributed by atoms with E-state index in [1.807, 2.05) is 41.2 Å². The monoisotopic (exact) mass is 493 g/mol. The van der Waals surface area contributed by atoms with Crippen molar-refractivity contribution < 1.29 is 9.59 Å². The molecule has 0 unspecified atom stereocenters. The second-order valence-corrected chi connectivity index (χ2v) is 11.0. The number of amides is 2. The van der Waals surface area contributed by atoms with Crippen LogP contribution in [0.4, 0.5) is 0 Å². The first-order valence-corrected chi connectivity index (χ1v) is 14.2. The fraction of sp³-hybridized carbons (Fsp3) is 0.613. The highest BCUT2D eigenvalue weighted by Crippen LogP contribution is 2.25. The van der Waals surface area contributed by atoms with E-state index < -0.39 is 0 Å². The number of unbranched alkanes of at least 4 members (excludes halogenated alkanes) is 3. The molecule has 2 amide bonds. The molecule has 0 N–H and O–H groups in total. The van der Waals surface area contributed by atoms with Gasteiger partial charge in [-0.25, -0.2) is 0 Å². The van der Waals surface area contributed by atoms with Gasteiger partial charge >= 0.3 is 0 Å². The van der Waals surface area contributed by atoms with E-state index in [-0.39, 0.29) is 24.4 Å². The van der Waals surface area contributed by atoms with Crippen LogP contribution in [0.25, 0.3) is 0 Å². The predicted molar refractivity (Wildman–Crippen MR) is 148 cm³/mol. The molecule has 5 heteroatoms. The Bertz CT molecular complexity index is 941.